The van der Waals surface area contributed by atoms with Gasteiger partial charge in [0.1, 0.15) is 5.75 Å². The second kappa shape index (κ2) is 4.96. The second-order valence-electron chi connectivity index (χ2n) is 4.55. The largest absolute Gasteiger partial charge is 0.495 e. The van der Waals surface area contributed by atoms with Crippen LogP contribution in [-0.4, -0.2) is 16.7 Å². The Morgan fingerprint density at radius 2 is 2.05 bits per heavy atom. The number of benzene rings is 2. The van der Waals surface area contributed by atoms with Crippen LogP contribution in [0.25, 0.3) is 16.7 Å². The third-order valence-corrected chi connectivity index (χ3v) is 3.81. The molecule has 0 unspecified atom stereocenters. The van der Waals surface area contributed by atoms with Crippen molar-refractivity contribution in [2.75, 3.05) is 7.11 Å². The van der Waals surface area contributed by atoms with Crippen LogP contribution < -0.4 is 4.74 Å². The molecule has 0 aliphatic heterocycles. The fraction of sp³-hybridized carbons (Fsp3) is 0.133. The summed E-state index contributed by atoms with van der Waals surface area (Å²) in [6, 6.07) is 11.6. The normalized spacial score (nSPS) is 10.9. The van der Waals surface area contributed by atoms with E-state index < -0.39 is 0 Å². The van der Waals surface area contributed by atoms with Gasteiger partial charge in [-0.05, 0) is 49.0 Å². The Labute approximate surface area is 126 Å². The summed E-state index contributed by atoms with van der Waals surface area (Å²) < 4.78 is 8.01. The van der Waals surface area contributed by atoms with Crippen LogP contribution in [0.3, 0.4) is 0 Å². The molecule has 0 fully saturated rings. The first-order chi connectivity index (χ1) is 9.61. The maximum Gasteiger partial charge on any atom is 0.182 e. The molecule has 0 spiro atoms. The molecular formula is C15H13ClN2OS. The summed E-state index contributed by atoms with van der Waals surface area (Å²) >= 11 is 11.6. The third-order valence-electron chi connectivity index (χ3n) is 3.29. The summed E-state index contributed by atoms with van der Waals surface area (Å²) in [5.41, 5.74) is 4.01. The summed E-state index contributed by atoms with van der Waals surface area (Å²) in [4.78, 5) is 3.22. The molecule has 5 heteroatoms. The number of nitrogens with one attached hydrogen (secondary N) is 1. The van der Waals surface area contributed by atoms with E-state index >= 15 is 0 Å². The van der Waals surface area contributed by atoms with Gasteiger partial charge in [-0.3, -0.25) is 4.57 Å². The molecule has 0 saturated heterocycles. The van der Waals surface area contributed by atoms with Crippen LogP contribution in [0, 0.1) is 11.7 Å². The van der Waals surface area contributed by atoms with Gasteiger partial charge in [-0.1, -0.05) is 23.7 Å². The third kappa shape index (κ3) is 2.01. The van der Waals surface area contributed by atoms with Crippen LogP contribution in [0.5, 0.6) is 5.75 Å². The van der Waals surface area contributed by atoms with E-state index in [-0.39, 0.29) is 0 Å². The highest BCUT2D eigenvalue weighted by Crippen LogP contribution is 2.30. The number of nitrogens with zero attached hydrogens (tertiary/aromatic N) is 1. The van der Waals surface area contributed by atoms with Crippen LogP contribution in [0.1, 0.15) is 5.56 Å². The number of aromatic nitrogens is 2. The SMILES string of the molecule is COc1ccc(Cl)cc1-n1c(=S)[nH]c2cccc(C)c21. The predicted molar refractivity (Wildman–Crippen MR) is 84.8 cm³/mol. The lowest BCUT2D eigenvalue weighted by Gasteiger charge is -2.11. The smallest absolute Gasteiger partial charge is 0.182 e. The van der Waals surface area contributed by atoms with Crippen LogP contribution in [0.15, 0.2) is 36.4 Å². The number of methoxy groups -OCH3 is 1. The van der Waals surface area contributed by atoms with E-state index in [0.717, 1.165) is 28.0 Å². The van der Waals surface area contributed by atoms with Crippen molar-refractivity contribution in [3.05, 3.63) is 51.8 Å². The minimum atomic E-state index is 0.620. The maximum absolute atomic E-state index is 6.12. The number of para-hydroxylation sites is 1. The average Bonchev–Trinajstić information content (AvgIpc) is 2.76. The molecule has 0 radical (unpaired) electrons. The van der Waals surface area contributed by atoms with Crippen LogP contribution >= 0.6 is 23.8 Å². The molecule has 0 aliphatic carbocycles. The zero-order chi connectivity index (χ0) is 14.3. The van der Waals surface area contributed by atoms with E-state index in [1.54, 1.807) is 13.2 Å². The molecule has 0 saturated carbocycles. The van der Waals surface area contributed by atoms with Gasteiger partial charge >= 0.3 is 0 Å². The van der Waals surface area contributed by atoms with E-state index in [9.17, 15) is 0 Å². The van der Waals surface area contributed by atoms with Crippen molar-refractivity contribution in [2.24, 2.45) is 0 Å². The molecule has 3 nitrogen and oxygen atoms in total. The van der Waals surface area contributed by atoms with Crippen molar-refractivity contribution in [3.63, 3.8) is 0 Å². The minimum Gasteiger partial charge on any atom is -0.495 e. The molecule has 0 bridgehead atoms. The van der Waals surface area contributed by atoms with E-state index in [2.05, 4.69) is 18.0 Å². The number of rotatable bonds is 2. The first-order valence-corrected chi connectivity index (χ1v) is 6.94. The molecule has 1 N–H and O–H groups in total. The van der Waals surface area contributed by atoms with Crippen molar-refractivity contribution in [1.82, 2.24) is 9.55 Å². The monoisotopic (exact) mass is 304 g/mol. The summed E-state index contributed by atoms with van der Waals surface area (Å²) in [5.74, 6) is 0.731. The fourth-order valence-corrected chi connectivity index (χ4v) is 2.86. The van der Waals surface area contributed by atoms with Gasteiger partial charge in [-0.25, -0.2) is 0 Å². The number of halogens is 1. The van der Waals surface area contributed by atoms with Crippen LogP contribution in [0.2, 0.25) is 5.02 Å². The zero-order valence-corrected chi connectivity index (χ0v) is 12.7. The second-order valence-corrected chi connectivity index (χ2v) is 5.38. The Bertz CT molecular complexity index is 851. The highest BCUT2D eigenvalue weighted by atomic mass is 35.5. The quantitative estimate of drug-likeness (QED) is 0.698. The van der Waals surface area contributed by atoms with Crippen molar-refractivity contribution >= 4 is 34.9 Å². The van der Waals surface area contributed by atoms with Gasteiger partial charge < -0.3 is 9.72 Å². The number of hydrogen-bond donors (Lipinski definition) is 1. The van der Waals surface area contributed by atoms with Gasteiger partial charge in [-0.2, -0.15) is 0 Å². The number of ether oxygens (including phenoxy) is 1. The Morgan fingerprint density at radius 3 is 2.80 bits per heavy atom. The van der Waals surface area contributed by atoms with Gasteiger partial charge in [-0.15, -0.1) is 0 Å². The van der Waals surface area contributed by atoms with Crippen molar-refractivity contribution in [1.29, 1.82) is 0 Å². The Kier molecular flexibility index (Phi) is 3.28. The first-order valence-electron chi connectivity index (χ1n) is 6.16. The average molecular weight is 305 g/mol. The van der Waals surface area contributed by atoms with E-state index in [1.165, 1.54) is 0 Å². The lowest BCUT2D eigenvalue weighted by molar-refractivity contribution is 0.413. The van der Waals surface area contributed by atoms with Gasteiger partial charge in [0.05, 0.1) is 23.8 Å². The van der Waals surface area contributed by atoms with Crippen LogP contribution in [-0.2, 0) is 0 Å². The Balaban J connectivity index is 2.44. The molecule has 3 rings (SSSR count). The molecular weight excluding hydrogens is 292 g/mol. The highest BCUT2D eigenvalue weighted by molar-refractivity contribution is 7.71. The molecule has 102 valence electrons. The number of fused-ring (bicyclic) bond motifs is 1. The molecule has 1 heterocycles. The van der Waals surface area contributed by atoms with E-state index in [0.29, 0.717) is 9.79 Å². The van der Waals surface area contributed by atoms with E-state index in [1.807, 2.05) is 28.8 Å². The molecule has 0 atom stereocenters. The number of aryl methyl sites for hydroxylation is 1. The number of hydrogen-bond acceptors (Lipinski definition) is 2. The lowest BCUT2D eigenvalue weighted by atomic mass is 10.2. The van der Waals surface area contributed by atoms with Crippen molar-refractivity contribution < 1.29 is 4.74 Å². The van der Waals surface area contributed by atoms with Gasteiger partial charge in [0.2, 0.25) is 0 Å². The van der Waals surface area contributed by atoms with Gasteiger partial charge in [0.25, 0.3) is 0 Å². The standard InChI is InChI=1S/C15H13ClN2OS/c1-9-4-3-5-11-14(9)18(15(20)17-11)12-8-10(16)6-7-13(12)19-2/h3-8H,1-2H3,(H,17,20). The predicted octanol–water partition coefficient (Wildman–Crippen LogP) is 4.66. The summed E-state index contributed by atoms with van der Waals surface area (Å²) in [6.45, 7) is 2.05. The van der Waals surface area contributed by atoms with Crippen molar-refractivity contribution in [2.45, 2.75) is 6.92 Å². The number of imidazole rings is 1. The topological polar surface area (TPSA) is 29.9 Å². The van der Waals surface area contributed by atoms with Crippen molar-refractivity contribution in [3.8, 4) is 11.4 Å². The molecule has 20 heavy (non-hydrogen) atoms. The minimum absolute atomic E-state index is 0.620. The summed E-state index contributed by atoms with van der Waals surface area (Å²) in [6.07, 6.45) is 0. The highest BCUT2D eigenvalue weighted by Gasteiger charge is 2.13. The Morgan fingerprint density at radius 1 is 1.25 bits per heavy atom. The molecule has 3 aromatic rings. The number of H-pyrrole nitrogens is 1. The number of aromatic amines is 1. The maximum atomic E-state index is 6.12. The molecule has 0 aliphatic rings. The van der Waals surface area contributed by atoms with Gasteiger partial charge in [0, 0.05) is 5.02 Å². The summed E-state index contributed by atoms with van der Waals surface area (Å²) in [5, 5.41) is 0.644. The van der Waals surface area contributed by atoms with Crippen LogP contribution in [0.4, 0.5) is 0 Å². The zero-order valence-electron chi connectivity index (χ0n) is 11.1. The Hall–Kier alpha value is -1.78. The van der Waals surface area contributed by atoms with Gasteiger partial charge in [0.15, 0.2) is 4.77 Å². The molecule has 0 amide bonds. The summed E-state index contributed by atoms with van der Waals surface area (Å²) in [7, 11) is 1.64. The fourth-order valence-electron chi connectivity index (χ4n) is 2.40. The lowest BCUT2D eigenvalue weighted by Crippen LogP contribution is -1.99. The van der Waals surface area contributed by atoms with E-state index in [4.69, 9.17) is 28.6 Å². The molecule has 2 aromatic carbocycles. The first kappa shape index (κ1) is 13.2. The molecule has 1 aromatic heterocycles.